The Bertz CT molecular complexity index is 1330. The molecule has 0 amide bonds. The zero-order chi connectivity index (χ0) is 24.3. The molecule has 0 N–H and O–H groups in total. The van der Waals surface area contributed by atoms with Crippen LogP contribution in [0.1, 0.15) is 29.9 Å². The molecule has 0 spiro atoms. The van der Waals surface area contributed by atoms with E-state index >= 15 is 0 Å². The van der Waals surface area contributed by atoms with Gasteiger partial charge in [-0.1, -0.05) is 36.4 Å². The third-order valence-electron chi connectivity index (χ3n) is 5.47. The maximum absolute atomic E-state index is 14.1. The van der Waals surface area contributed by atoms with Crippen LogP contribution in [0.3, 0.4) is 0 Å². The van der Waals surface area contributed by atoms with Crippen molar-refractivity contribution < 1.29 is 26.8 Å². The number of thiophene rings is 1. The Kier molecular flexibility index (Phi) is 7.58. The van der Waals surface area contributed by atoms with E-state index in [1.165, 1.54) is 29.5 Å². The van der Waals surface area contributed by atoms with Crippen LogP contribution in [0.5, 0.6) is 0 Å². The van der Waals surface area contributed by atoms with E-state index in [-0.39, 0.29) is 25.5 Å². The van der Waals surface area contributed by atoms with Crippen molar-refractivity contribution in [1.29, 1.82) is 0 Å². The number of fused-ring (bicyclic) bond motifs is 1. The standard InChI is InChI=1S/C26H24F3O3PS/c1-3-31-33(30,32-4-2)23(16-17-9-14-21(28)22(29)15-17)26-25(18-10-12-19(27)13-11-18)20-7-5-6-8-24(20)34-26/h5-15,23H,3-4,16H2,1-2H3. The van der Waals surface area contributed by atoms with Gasteiger partial charge in [0, 0.05) is 20.5 Å². The summed E-state index contributed by atoms with van der Waals surface area (Å²) in [6.45, 7) is 3.77. The number of rotatable bonds is 9. The van der Waals surface area contributed by atoms with Crippen LogP contribution in [-0.2, 0) is 20.0 Å². The second-order valence-electron chi connectivity index (χ2n) is 7.69. The quantitative estimate of drug-likeness (QED) is 0.214. The molecular formula is C26H24F3O3PS. The molecule has 1 heterocycles. The van der Waals surface area contributed by atoms with E-state index in [2.05, 4.69) is 0 Å². The predicted octanol–water partition coefficient (Wildman–Crippen LogP) is 8.54. The monoisotopic (exact) mass is 504 g/mol. The molecule has 1 atom stereocenters. The fourth-order valence-electron chi connectivity index (χ4n) is 4.03. The first-order chi connectivity index (χ1) is 16.4. The van der Waals surface area contributed by atoms with Gasteiger partial charge in [0.15, 0.2) is 11.6 Å². The molecule has 34 heavy (non-hydrogen) atoms. The van der Waals surface area contributed by atoms with E-state index in [0.717, 1.165) is 38.2 Å². The van der Waals surface area contributed by atoms with Crippen LogP contribution in [0, 0.1) is 17.5 Å². The Morgan fingerprint density at radius 1 is 0.882 bits per heavy atom. The van der Waals surface area contributed by atoms with Gasteiger partial charge in [0.1, 0.15) is 11.5 Å². The molecule has 0 aliphatic rings. The number of halogens is 3. The van der Waals surface area contributed by atoms with Gasteiger partial charge in [0.25, 0.3) is 0 Å². The fraction of sp³-hybridized carbons (Fsp3) is 0.231. The Labute approximate surface area is 200 Å². The molecule has 0 radical (unpaired) electrons. The lowest BCUT2D eigenvalue weighted by Gasteiger charge is -2.27. The van der Waals surface area contributed by atoms with E-state index in [9.17, 15) is 17.7 Å². The van der Waals surface area contributed by atoms with Gasteiger partial charge >= 0.3 is 7.60 Å². The van der Waals surface area contributed by atoms with Crippen molar-refractivity contribution in [1.82, 2.24) is 0 Å². The first-order valence-corrected chi connectivity index (χ1v) is 13.4. The SMILES string of the molecule is CCOP(=O)(OCC)C(Cc1ccc(F)c(F)c1)c1sc2ccccc2c1-c1ccc(F)cc1. The summed E-state index contributed by atoms with van der Waals surface area (Å²) in [4.78, 5) is 0.725. The van der Waals surface area contributed by atoms with Crippen LogP contribution in [-0.4, -0.2) is 13.2 Å². The molecule has 4 aromatic rings. The molecule has 178 valence electrons. The van der Waals surface area contributed by atoms with Gasteiger partial charge in [-0.25, -0.2) is 13.2 Å². The second-order valence-corrected chi connectivity index (χ2v) is 11.0. The van der Waals surface area contributed by atoms with E-state index in [1.54, 1.807) is 26.0 Å². The Morgan fingerprint density at radius 2 is 1.56 bits per heavy atom. The molecular weight excluding hydrogens is 480 g/mol. The van der Waals surface area contributed by atoms with Crippen LogP contribution in [0.2, 0.25) is 0 Å². The van der Waals surface area contributed by atoms with Crippen LogP contribution < -0.4 is 0 Å². The summed E-state index contributed by atoms with van der Waals surface area (Å²) in [5.41, 5.74) is 1.23. The molecule has 3 aromatic carbocycles. The zero-order valence-electron chi connectivity index (χ0n) is 18.8. The highest BCUT2D eigenvalue weighted by Crippen LogP contribution is 2.65. The van der Waals surface area contributed by atoms with E-state index in [1.807, 2.05) is 24.3 Å². The maximum Gasteiger partial charge on any atom is 0.339 e. The lowest BCUT2D eigenvalue weighted by Crippen LogP contribution is -2.10. The van der Waals surface area contributed by atoms with Crippen LogP contribution >= 0.6 is 18.9 Å². The molecule has 0 aliphatic heterocycles. The summed E-state index contributed by atoms with van der Waals surface area (Å²) >= 11 is 1.44. The third kappa shape index (κ3) is 4.98. The van der Waals surface area contributed by atoms with Crippen molar-refractivity contribution in [2.75, 3.05) is 13.2 Å². The van der Waals surface area contributed by atoms with Crippen molar-refractivity contribution in [3.8, 4) is 11.1 Å². The highest BCUT2D eigenvalue weighted by atomic mass is 32.1. The van der Waals surface area contributed by atoms with E-state index < -0.39 is 24.9 Å². The minimum Gasteiger partial charge on any atom is -0.308 e. The van der Waals surface area contributed by atoms with Crippen molar-refractivity contribution in [3.05, 3.63) is 94.6 Å². The smallest absolute Gasteiger partial charge is 0.308 e. The Morgan fingerprint density at radius 3 is 2.21 bits per heavy atom. The molecule has 0 aliphatic carbocycles. The van der Waals surface area contributed by atoms with Gasteiger partial charge in [-0.2, -0.15) is 0 Å². The van der Waals surface area contributed by atoms with E-state index in [4.69, 9.17) is 9.05 Å². The summed E-state index contributed by atoms with van der Waals surface area (Å²) in [5, 5.41) is 0.920. The topological polar surface area (TPSA) is 35.5 Å². The summed E-state index contributed by atoms with van der Waals surface area (Å²) in [6.07, 6.45) is 0.107. The molecule has 4 rings (SSSR count). The zero-order valence-corrected chi connectivity index (χ0v) is 20.5. The van der Waals surface area contributed by atoms with Crippen LogP contribution in [0.15, 0.2) is 66.7 Å². The molecule has 0 fully saturated rings. The second kappa shape index (κ2) is 10.4. The summed E-state index contributed by atoms with van der Waals surface area (Å²) < 4.78 is 67.9. The minimum atomic E-state index is -3.74. The predicted molar refractivity (Wildman–Crippen MR) is 131 cm³/mol. The number of benzene rings is 3. The van der Waals surface area contributed by atoms with Gasteiger partial charge < -0.3 is 9.05 Å². The number of hydrogen-bond donors (Lipinski definition) is 0. The van der Waals surface area contributed by atoms with Crippen molar-refractivity contribution in [3.63, 3.8) is 0 Å². The average Bonchev–Trinajstić information content (AvgIpc) is 3.19. The normalized spacial score (nSPS) is 12.9. The Hall–Kier alpha value is -2.44. The first-order valence-electron chi connectivity index (χ1n) is 11.0. The number of hydrogen-bond acceptors (Lipinski definition) is 4. The first kappa shape index (κ1) is 24.7. The summed E-state index contributed by atoms with van der Waals surface area (Å²) in [6, 6.07) is 17.5. The highest BCUT2D eigenvalue weighted by molar-refractivity contribution is 7.54. The van der Waals surface area contributed by atoms with Crippen LogP contribution in [0.4, 0.5) is 13.2 Å². The molecule has 1 unspecified atom stereocenters. The molecule has 0 saturated heterocycles. The van der Waals surface area contributed by atoms with Gasteiger partial charge in [-0.15, -0.1) is 11.3 Å². The summed E-state index contributed by atoms with van der Waals surface area (Å²) in [5.74, 6) is -2.29. The minimum absolute atomic E-state index is 0.107. The van der Waals surface area contributed by atoms with Crippen molar-refractivity contribution in [2.45, 2.75) is 25.9 Å². The van der Waals surface area contributed by atoms with Crippen molar-refractivity contribution in [2.24, 2.45) is 0 Å². The maximum atomic E-state index is 14.1. The highest BCUT2D eigenvalue weighted by Gasteiger charge is 2.40. The molecule has 0 bridgehead atoms. The lowest BCUT2D eigenvalue weighted by molar-refractivity contribution is 0.212. The van der Waals surface area contributed by atoms with Crippen LogP contribution in [0.25, 0.3) is 21.2 Å². The van der Waals surface area contributed by atoms with Gasteiger partial charge in [-0.3, -0.25) is 4.57 Å². The van der Waals surface area contributed by atoms with E-state index in [0.29, 0.717) is 5.56 Å². The van der Waals surface area contributed by atoms with Gasteiger partial charge in [-0.05, 0) is 61.7 Å². The summed E-state index contributed by atoms with van der Waals surface area (Å²) in [7, 11) is -3.74. The van der Waals surface area contributed by atoms with Crippen molar-refractivity contribution >= 4 is 29.0 Å². The average molecular weight is 505 g/mol. The largest absolute Gasteiger partial charge is 0.339 e. The molecule has 3 nitrogen and oxygen atoms in total. The third-order valence-corrected chi connectivity index (χ3v) is 9.37. The molecule has 0 saturated carbocycles. The van der Waals surface area contributed by atoms with Gasteiger partial charge in [0.2, 0.25) is 0 Å². The fourth-order valence-corrected chi connectivity index (χ4v) is 7.79. The lowest BCUT2D eigenvalue weighted by atomic mass is 9.98. The van der Waals surface area contributed by atoms with Gasteiger partial charge in [0.05, 0.1) is 13.2 Å². The molecule has 1 aromatic heterocycles. The Balaban J connectivity index is 1.96. The molecule has 8 heteroatoms.